The molecule has 1 aliphatic rings. The molecular formula is C14H20IN3O. The van der Waals surface area contributed by atoms with Crippen molar-refractivity contribution in [1.82, 2.24) is 10.2 Å². The van der Waals surface area contributed by atoms with Crippen LogP contribution in [0.5, 0.6) is 0 Å². The van der Waals surface area contributed by atoms with Gasteiger partial charge >= 0.3 is 0 Å². The summed E-state index contributed by atoms with van der Waals surface area (Å²) in [5.41, 5.74) is 2.02. The van der Waals surface area contributed by atoms with E-state index in [0.717, 1.165) is 30.9 Å². The second kappa shape index (κ2) is 6.67. The third-order valence-electron chi connectivity index (χ3n) is 3.28. The number of hydrogen-bond acceptors (Lipinski definition) is 3. The molecule has 4 nitrogen and oxygen atoms in total. The molecule has 1 unspecified atom stereocenters. The molecule has 5 heteroatoms. The maximum absolute atomic E-state index is 12.0. The summed E-state index contributed by atoms with van der Waals surface area (Å²) in [6.07, 6.45) is 0. The van der Waals surface area contributed by atoms with Crippen LogP contribution in [0.15, 0.2) is 18.2 Å². The zero-order valence-electron chi connectivity index (χ0n) is 11.4. The Morgan fingerprint density at radius 1 is 1.58 bits per heavy atom. The molecule has 0 aliphatic carbocycles. The van der Waals surface area contributed by atoms with Crippen LogP contribution in [0.25, 0.3) is 0 Å². The van der Waals surface area contributed by atoms with Crippen LogP contribution < -0.4 is 10.6 Å². The van der Waals surface area contributed by atoms with Crippen LogP contribution in [-0.4, -0.2) is 43.0 Å². The number of hydrogen-bond donors (Lipinski definition) is 2. The number of carbonyl (C=O) groups is 1. The average molecular weight is 373 g/mol. The Morgan fingerprint density at radius 2 is 2.37 bits per heavy atom. The second-order valence-corrected chi connectivity index (χ2v) is 6.34. The van der Waals surface area contributed by atoms with Crippen molar-refractivity contribution in [1.29, 1.82) is 0 Å². The Balaban J connectivity index is 1.90. The van der Waals surface area contributed by atoms with Gasteiger partial charge in [-0.25, -0.2) is 0 Å². The summed E-state index contributed by atoms with van der Waals surface area (Å²) < 4.78 is 1.18. The summed E-state index contributed by atoms with van der Waals surface area (Å²) in [7, 11) is 0. The van der Waals surface area contributed by atoms with Crippen molar-refractivity contribution in [3.05, 3.63) is 27.3 Å². The molecule has 104 valence electrons. The molecule has 1 amide bonds. The molecule has 1 heterocycles. The zero-order valence-corrected chi connectivity index (χ0v) is 13.5. The van der Waals surface area contributed by atoms with Gasteiger partial charge in [-0.3, -0.25) is 9.69 Å². The molecule has 0 aromatic heterocycles. The first-order valence-corrected chi connectivity index (χ1v) is 7.64. The van der Waals surface area contributed by atoms with Gasteiger partial charge in [-0.05, 0) is 60.2 Å². The largest absolute Gasteiger partial charge is 0.325 e. The van der Waals surface area contributed by atoms with Crippen LogP contribution >= 0.6 is 22.6 Å². The lowest BCUT2D eigenvalue weighted by atomic mass is 10.2. The van der Waals surface area contributed by atoms with Crippen molar-refractivity contribution in [2.75, 3.05) is 31.5 Å². The Labute approximate surface area is 128 Å². The molecule has 0 bridgehead atoms. The van der Waals surface area contributed by atoms with Crippen molar-refractivity contribution in [2.24, 2.45) is 0 Å². The molecule has 0 spiro atoms. The Morgan fingerprint density at radius 3 is 3.05 bits per heavy atom. The first kappa shape index (κ1) is 14.7. The Bertz CT molecular complexity index is 464. The molecule has 1 fully saturated rings. The maximum Gasteiger partial charge on any atom is 0.238 e. The predicted molar refractivity (Wildman–Crippen MR) is 86.4 cm³/mol. The number of nitrogens with zero attached hydrogens (tertiary/aromatic N) is 1. The minimum atomic E-state index is 0.0680. The van der Waals surface area contributed by atoms with Crippen LogP contribution in [-0.2, 0) is 4.79 Å². The standard InChI is InChI=1S/C14H20IN3O/c1-10-7-12(15)3-4-13(10)17-14(19)9-18-6-5-16-11(2)8-18/h3-4,7,11,16H,5-6,8-9H2,1-2H3,(H,17,19). The van der Waals surface area contributed by atoms with Gasteiger partial charge < -0.3 is 10.6 Å². The number of carbonyl (C=O) groups excluding carboxylic acids is 1. The third-order valence-corrected chi connectivity index (χ3v) is 3.95. The molecule has 1 aliphatic heterocycles. The minimum Gasteiger partial charge on any atom is -0.325 e. The lowest BCUT2D eigenvalue weighted by Gasteiger charge is -2.31. The van der Waals surface area contributed by atoms with Gasteiger partial charge in [-0.1, -0.05) is 0 Å². The van der Waals surface area contributed by atoms with Crippen molar-refractivity contribution in [3.63, 3.8) is 0 Å². The Kier molecular flexibility index (Phi) is 5.18. The third kappa shape index (κ3) is 4.43. The number of benzene rings is 1. The van der Waals surface area contributed by atoms with E-state index in [1.807, 2.05) is 19.1 Å². The van der Waals surface area contributed by atoms with Gasteiger partial charge in [0.1, 0.15) is 0 Å². The molecule has 0 radical (unpaired) electrons. The normalized spacial score (nSPS) is 20.3. The molecule has 2 N–H and O–H groups in total. The first-order valence-electron chi connectivity index (χ1n) is 6.56. The van der Waals surface area contributed by atoms with E-state index in [4.69, 9.17) is 0 Å². The number of halogens is 1. The van der Waals surface area contributed by atoms with Crippen LogP contribution in [0.2, 0.25) is 0 Å². The quantitative estimate of drug-likeness (QED) is 0.795. The zero-order chi connectivity index (χ0) is 13.8. The van der Waals surface area contributed by atoms with Gasteiger partial charge in [0.2, 0.25) is 5.91 Å². The van der Waals surface area contributed by atoms with Gasteiger partial charge in [-0.15, -0.1) is 0 Å². The van der Waals surface area contributed by atoms with E-state index in [1.165, 1.54) is 3.57 Å². The fraction of sp³-hybridized carbons (Fsp3) is 0.500. The lowest BCUT2D eigenvalue weighted by Crippen LogP contribution is -2.51. The van der Waals surface area contributed by atoms with Crippen molar-refractivity contribution < 1.29 is 4.79 Å². The lowest BCUT2D eigenvalue weighted by molar-refractivity contribution is -0.117. The highest BCUT2D eigenvalue weighted by Gasteiger charge is 2.18. The average Bonchev–Trinajstić information content (AvgIpc) is 2.33. The van der Waals surface area contributed by atoms with Gasteiger partial charge in [-0.2, -0.15) is 0 Å². The van der Waals surface area contributed by atoms with Crippen LogP contribution in [0.3, 0.4) is 0 Å². The summed E-state index contributed by atoms with van der Waals surface area (Å²) in [6, 6.07) is 6.51. The van der Waals surface area contributed by atoms with Crippen molar-refractivity contribution in [3.8, 4) is 0 Å². The molecule has 2 rings (SSSR count). The molecule has 1 atom stereocenters. The van der Waals surface area contributed by atoms with E-state index in [9.17, 15) is 4.79 Å². The predicted octanol–water partition coefficient (Wildman–Crippen LogP) is 1.83. The number of rotatable bonds is 3. The summed E-state index contributed by atoms with van der Waals surface area (Å²) in [6.45, 7) is 7.45. The SMILES string of the molecule is Cc1cc(I)ccc1NC(=O)CN1CCNC(C)C1. The van der Waals surface area contributed by atoms with Gasteiger partial charge in [0, 0.05) is 34.9 Å². The van der Waals surface area contributed by atoms with Crippen molar-refractivity contribution >= 4 is 34.2 Å². The van der Waals surface area contributed by atoms with E-state index in [-0.39, 0.29) is 5.91 Å². The number of nitrogens with one attached hydrogen (secondary N) is 2. The summed E-state index contributed by atoms with van der Waals surface area (Å²) in [5.74, 6) is 0.0680. The monoisotopic (exact) mass is 373 g/mol. The summed E-state index contributed by atoms with van der Waals surface area (Å²) >= 11 is 2.27. The Hall–Kier alpha value is -0.660. The van der Waals surface area contributed by atoms with Gasteiger partial charge in [0.25, 0.3) is 0 Å². The molecular weight excluding hydrogens is 353 g/mol. The smallest absolute Gasteiger partial charge is 0.238 e. The molecule has 0 saturated carbocycles. The van der Waals surface area contributed by atoms with Gasteiger partial charge in [0.05, 0.1) is 6.54 Å². The van der Waals surface area contributed by atoms with Crippen LogP contribution in [0.4, 0.5) is 5.69 Å². The van der Waals surface area contributed by atoms with E-state index in [0.29, 0.717) is 12.6 Å². The number of anilines is 1. The van der Waals surface area contributed by atoms with E-state index in [1.54, 1.807) is 0 Å². The fourth-order valence-electron chi connectivity index (χ4n) is 2.32. The summed E-state index contributed by atoms with van der Waals surface area (Å²) in [4.78, 5) is 14.2. The van der Waals surface area contributed by atoms with E-state index < -0.39 is 0 Å². The number of amides is 1. The molecule has 1 saturated heterocycles. The summed E-state index contributed by atoms with van der Waals surface area (Å²) in [5, 5.41) is 6.37. The van der Waals surface area contributed by atoms with Crippen LogP contribution in [0, 0.1) is 10.5 Å². The van der Waals surface area contributed by atoms with E-state index in [2.05, 4.69) is 51.1 Å². The highest BCUT2D eigenvalue weighted by Crippen LogP contribution is 2.17. The minimum absolute atomic E-state index is 0.0680. The number of aryl methyl sites for hydroxylation is 1. The first-order chi connectivity index (χ1) is 9.04. The van der Waals surface area contributed by atoms with Crippen LogP contribution in [0.1, 0.15) is 12.5 Å². The number of piperazine rings is 1. The van der Waals surface area contributed by atoms with E-state index >= 15 is 0 Å². The molecule has 19 heavy (non-hydrogen) atoms. The molecule has 1 aromatic carbocycles. The highest BCUT2D eigenvalue weighted by molar-refractivity contribution is 14.1. The fourth-order valence-corrected chi connectivity index (χ4v) is 2.96. The van der Waals surface area contributed by atoms with Gasteiger partial charge in [0.15, 0.2) is 0 Å². The maximum atomic E-state index is 12.0. The molecule has 1 aromatic rings. The topological polar surface area (TPSA) is 44.4 Å². The second-order valence-electron chi connectivity index (χ2n) is 5.10. The highest BCUT2D eigenvalue weighted by atomic mass is 127. The van der Waals surface area contributed by atoms with Crippen molar-refractivity contribution in [2.45, 2.75) is 19.9 Å².